The standard InChI is InChI=1S/C17H20N2O2/c1-13(20)10-15-6-8-19(9-7-15)17(21)11-14-2-4-16(12-18)5-3-14/h2-5,15H,6-11H2,1H3. The molecule has 0 N–H and O–H groups in total. The summed E-state index contributed by atoms with van der Waals surface area (Å²) in [5, 5.41) is 8.75. The van der Waals surface area contributed by atoms with Crippen molar-refractivity contribution in [2.45, 2.75) is 32.6 Å². The topological polar surface area (TPSA) is 61.2 Å². The first-order chi connectivity index (χ1) is 10.1. The number of benzene rings is 1. The third-order valence-electron chi connectivity index (χ3n) is 3.98. The van der Waals surface area contributed by atoms with Crippen LogP contribution in [0.25, 0.3) is 0 Å². The van der Waals surface area contributed by atoms with Gasteiger partial charge in [-0.3, -0.25) is 4.79 Å². The van der Waals surface area contributed by atoms with Crippen LogP contribution >= 0.6 is 0 Å². The summed E-state index contributed by atoms with van der Waals surface area (Å²) in [6.07, 6.45) is 2.85. The van der Waals surface area contributed by atoms with Crippen LogP contribution in [0.2, 0.25) is 0 Å². The van der Waals surface area contributed by atoms with Crippen LogP contribution in [-0.2, 0) is 16.0 Å². The summed E-state index contributed by atoms with van der Waals surface area (Å²) in [6, 6.07) is 9.21. The summed E-state index contributed by atoms with van der Waals surface area (Å²) in [6.45, 7) is 3.11. The summed E-state index contributed by atoms with van der Waals surface area (Å²) in [5.74, 6) is 0.791. The second kappa shape index (κ2) is 7.03. The molecule has 0 spiro atoms. The maximum atomic E-state index is 12.2. The van der Waals surface area contributed by atoms with E-state index in [1.54, 1.807) is 19.1 Å². The van der Waals surface area contributed by atoms with Gasteiger partial charge in [0.15, 0.2) is 0 Å². The summed E-state index contributed by atoms with van der Waals surface area (Å²) in [5.41, 5.74) is 1.54. The monoisotopic (exact) mass is 284 g/mol. The Hall–Kier alpha value is -2.15. The highest BCUT2D eigenvalue weighted by Gasteiger charge is 2.23. The van der Waals surface area contributed by atoms with Crippen LogP contribution in [0.5, 0.6) is 0 Å². The number of rotatable bonds is 4. The SMILES string of the molecule is CC(=O)CC1CCN(C(=O)Cc2ccc(C#N)cc2)CC1. The van der Waals surface area contributed by atoms with Gasteiger partial charge in [0, 0.05) is 19.5 Å². The van der Waals surface area contributed by atoms with Crippen molar-refractivity contribution < 1.29 is 9.59 Å². The van der Waals surface area contributed by atoms with Gasteiger partial charge in [-0.05, 0) is 43.4 Å². The zero-order valence-electron chi connectivity index (χ0n) is 12.3. The Morgan fingerprint density at radius 3 is 2.38 bits per heavy atom. The van der Waals surface area contributed by atoms with E-state index in [0.29, 0.717) is 24.3 Å². The average Bonchev–Trinajstić information content (AvgIpc) is 2.48. The van der Waals surface area contributed by atoms with Crippen LogP contribution in [0.15, 0.2) is 24.3 Å². The number of piperidine rings is 1. The minimum absolute atomic E-state index is 0.126. The van der Waals surface area contributed by atoms with Crippen molar-refractivity contribution in [3.05, 3.63) is 35.4 Å². The van der Waals surface area contributed by atoms with Crippen molar-refractivity contribution in [2.75, 3.05) is 13.1 Å². The molecule has 1 aliphatic heterocycles. The van der Waals surface area contributed by atoms with Gasteiger partial charge in [0.05, 0.1) is 18.1 Å². The number of Topliss-reactive ketones (excluding diaryl/α,β-unsaturated/α-hetero) is 1. The summed E-state index contributed by atoms with van der Waals surface area (Å²) < 4.78 is 0. The molecule has 4 heteroatoms. The van der Waals surface area contributed by atoms with E-state index in [-0.39, 0.29) is 11.7 Å². The average molecular weight is 284 g/mol. The fraction of sp³-hybridized carbons (Fsp3) is 0.471. The zero-order chi connectivity index (χ0) is 15.2. The second-order valence-corrected chi connectivity index (χ2v) is 5.72. The summed E-state index contributed by atoms with van der Waals surface area (Å²) >= 11 is 0. The Kier molecular flexibility index (Phi) is 5.10. The number of carbonyl (C=O) groups excluding carboxylic acids is 2. The highest BCUT2D eigenvalue weighted by Crippen LogP contribution is 2.21. The Morgan fingerprint density at radius 1 is 1.24 bits per heavy atom. The van der Waals surface area contributed by atoms with Crippen LogP contribution in [0.1, 0.15) is 37.3 Å². The predicted octanol–water partition coefficient (Wildman–Crippen LogP) is 2.32. The van der Waals surface area contributed by atoms with E-state index >= 15 is 0 Å². The van der Waals surface area contributed by atoms with Gasteiger partial charge in [0.25, 0.3) is 0 Å². The summed E-state index contributed by atoms with van der Waals surface area (Å²) in [4.78, 5) is 25.2. The first-order valence-corrected chi connectivity index (χ1v) is 7.34. The van der Waals surface area contributed by atoms with E-state index in [1.165, 1.54) is 0 Å². The molecular weight excluding hydrogens is 264 g/mol. The molecule has 0 atom stereocenters. The van der Waals surface area contributed by atoms with E-state index in [1.807, 2.05) is 17.0 Å². The first-order valence-electron chi connectivity index (χ1n) is 7.34. The lowest BCUT2D eigenvalue weighted by Gasteiger charge is -2.31. The molecule has 0 saturated carbocycles. The van der Waals surface area contributed by atoms with Gasteiger partial charge < -0.3 is 9.69 Å². The summed E-state index contributed by atoms with van der Waals surface area (Å²) in [7, 11) is 0. The molecule has 1 aromatic rings. The van der Waals surface area contributed by atoms with Crippen LogP contribution in [0, 0.1) is 17.2 Å². The van der Waals surface area contributed by atoms with Crippen molar-refractivity contribution in [3.8, 4) is 6.07 Å². The maximum Gasteiger partial charge on any atom is 0.226 e. The molecule has 110 valence electrons. The Balaban J connectivity index is 1.84. The number of ketones is 1. The highest BCUT2D eigenvalue weighted by atomic mass is 16.2. The lowest BCUT2D eigenvalue weighted by molar-refractivity contribution is -0.131. The molecule has 0 bridgehead atoms. The molecular formula is C17H20N2O2. The third kappa shape index (κ3) is 4.42. The molecule has 1 saturated heterocycles. The minimum Gasteiger partial charge on any atom is -0.342 e. The van der Waals surface area contributed by atoms with Gasteiger partial charge in [0.1, 0.15) is 5.78 Å². The molecule has 0 aromatic heterocycles. The molecule has 1 fully saturated rings. The molecule has 1 aliphatic rings. The zero-order valence-corrected chi connectivity index (χ0v) is 12.3. The number of amides is 1. The van der Waals surface area contributed by atoms with Gasteiger partial charge in [-0.1, -0.05) is 12.1 Å². The molecule has 0 aliphatic carbocycles. The smallest absolute Gasteiger partial charge is 0.226 e. The minimum atomic E-state index is 0.126. The molecule has 0 radical (unpaired) electrons. The number of nitriles is 1. The number of nitrogens with zero attached hydrogens (tertiary/aromatic N) is 2. The van der Waals surface area contributed by atoms with E-state index in [9.17, 15) is 9.59 Å². The predicted molar refractivity (Wildman–Crippen MR) is 79.5 cm³/mol. The van der Waals surface area contributed by atoms with E-state index in [0.717, 1.165) is 31.5 Å². The van der Waals surface area contributed by atoms with E-state index < -0.39 is 0 Å². The van der Waals surface area contributed by atoms with Crippen molar-refractivity contribution in [1.82, 2.24) is 4.90 Å². The number of likely N-dealkylation sites (tertiary alicyclic amines) is 1. The number of carbonyl (C=O) groups is 2. The van der Waals surface area contributed by atoms with Crippen LogP contribution in [-0.4, -0.2) is 29.7 Å². The first kappa shape index (κ1) is 15.2. The Bertz CT molecular complexity index is 549. The van der Waals surface area contributed by atoms with E-state index in [4.69, 9.17) is 5.26 Å². The third-order valence-corrected chi connectivity index (χ3v) is 3.98. The number of hydrogen-bond acceptors (Lipinski definition) is 3. The Morgan fingerprint density at radius 2 is 1.86 bits per heavy atom. The molecule has 4 nitrogen and oxygen atoms in total. The Labute approximate surface area is 125 Å². The fourth-order valence-corrected chi connectivity index (χ4v) is 2.78. The molecule has 1 heterocycles. The fourth-order valence-electron chi connectivity index (χ4n) is 2.78. The van der Waals surface area contributed by atoms with Crippen LogP contribution in [0.4, 0.5) is 0 Å². The molecule has 2 rings (SSSR count). The maximum absolute atomic E-state index is 12.2. The quantitative estimate of drug-likeness (QED) is 0.852. The molecule has 1 aromatic carbocycles. The van der Waals surface area contributed by atoms with Crippen LogP contribution in [0.3, 0.4) is 0 Å². The van der Waals surface area contributed by atoms with Crippen molar-refractivity contribution in [1.29, 1.82) is 5.26 Å². The van der Waals surface area contributed by atoms with E-state index in [2.05, 4.69) is 6.07 Å². The molecule has 21 heavy (non-hydrogen) atoms. The second-order valence-electron chi connectivity index (χ2n) is 5.72. The van der Waals surface area contributed by atoms with Crippen molar-refractivity contribution >= 4 is 11.7 Å². The van der Waals surface area contributed by atoms with Gasteiger partial charge in [-0.15, -0.1) is 0 Å². The van der Waals surface area contributed by atoms with Gasteiger partial charge in [-0.2, -0.15) is 5.26 Å². The highest BCUT2D eigenvalue weighted by molar-refractivity contribution is 5.79. The largest absolute Gasteiger partial charge is 0.342 e. The molecule has 1 amide bonds. The normalized spacial score (nSPS) is 15.5. The number of hydrogen-bond donors (Lipinski definition) is 0. The van der Waals surface area contributed by atoms with Gasteiger partial charge >= 0.3 is 0 Å². The van der Waals surface area contributed by atoms with Crippen LogP contribution < -0.4 is 0 Å². The molecule has 0 unspecified atom stereocenters. The lowest BCUT2D eigenvalue weighted by atomic mass is 9.92. The van der Waals surface area contributed by atoms with Crippen molar-refractivity contribution in [2.24, 2.45) is 5.92 Å². The van der Waals surface area contributed by atoms with Gasteiger partial charge in [-0.25, -0.2) is 0 Å². The van der Waals surface area contributed by atoms with Gasteiger partial charge in [0.2, 0.25) is 5.91 Å². The lowest BCUT2D eigenvalue weighted by Crippen LogP contribution is -2.39. The van der Waals surface area contributed by atoms with Crippen molar-refractivity contribution in [3.63, 3.8) is 0 Å².